The summed E-state index contributed by atoms with van der Waals surface area (Å²) in [5.74, 6) is -1.01. The van der Waals surface area contributed by atoms with E-state index in [0.717, 1.165) is 0 Å². The number of methoxy groups -OCH3 is 2. The molecule has 1 N–H and O–H groups in total. The van der Waals surface area contributed by atoms with Gasteiger partial charge in [-0.2, -0.15) is 23.3 Å². The van der Waals surface area contributed by atoms with Crippen molar-refractivity contribution in [1.29, 1.82) is 0 Å². The van der Waals surface area contributed by atoms with Crippen molar-refractivity contribution in [2.45, 2.75) is 12.8 Å². The van der Waals surface area contributed by atoms with Gasteiger partial charge in [0.05, 0.1) is 19.9 Å². The van der Waals surface area contributed by atoms with E-state index in [-0.39, 0.29) is 0 Å². The third-order valence-electron chi connectivity index (χ3n) is 4.74. The number of halogens is 3. The number of nitrogens with one attached hydrogen (secondary N) is 1. The summed E-state index contributed by atoms with van der Waals surface area (Å²) in [5.41, 5.74) is 2.84. The number of rotatable bonds is 7. The normalized spacial score (nSPS) is 11.3. The van der Waals surface area contributed by atoms with Gasteiger partial charge in [0.25, 0.3) is 5.88 Å². The molecule has 0 amide bonds. The lowest BCUT2D eigenvalue weighted by atomic mass is 10.0. The predicted octanol–water partition coefficient (Wildman–Crippen LogP) is 4.16. The number of carbonyl (C=O) groups is 1. The van der Waals surface area contributed by atoms with E-state index in [4.69, 9.17) is 9.47 Å². The molecule has 0 bridgehead atoms. The van der Waals surface area contributed by atoms with E-state index in [0.29, 0.717) is 45.5 Å². The molecule has 3 aromatic heterocycles. The minimum absolute atomic E-state index is 0.294. The minimum atomic E-state index is -5.05. The maximum atomic E-state index is 12.4. The minimum Gasteiger partial charge on any atom is -0.491 e. The van der Waals surface area contributed by atoms with Crippen LogP contribution in [-0.2, 0) is 16.1 Å². The molecule has 0 radical (unpaired) electrons. The number of hydrogen-bond acceptors (Lipinski definition) is 8. The number of benzene rings is 1. The molecule has 4 aromatic rings. The smallest absolute Gasteiger partial charge is 0.490 e. The summed E-state index contributed by atoms with van der Waals surface area (Å²) in [7, 11) is 2.99. The Labute approximate surface area is 191 Å². The van der Waals surface area contributed by atoms with Gasteiger partial charge in [0.1, 0.15) is 18.8 Å². The Morgan fingerprint density at radius 2 is 1.91 bits per heavy atom. The van der Waals surface area contributed by atoms with E-state index in [1.165, 1.54) is 20.5 Å². The van der Waals surface area contributed by atoms with Crippen molar-refractivity contribution >= 4 is 23.1 Å². The summed E-state index contributed by atoms with van der Waals surface area (Å²) < 4.78 is 53.6. The fraction of sp³-hybridized carbons (Fsp3) is 0.182. The first kappa shape index (κ1) is 22.8. The molecule has 12 heteroatoms. The van der Waals surface area contributed by atoms with Crippen LogP contribution in [0.5, 0.6) is 11.6 Å². The van der Waals surface area contributed by atoms with E-state index in [9.17, 15) is 18.0 Å². The van der Waals surface area contributed by atoms with Crippen LogP contribution in [-0.4, -0.2) is 45.9 Å². The number of pyridine rings is 2. The molecule has 9 nitrogen and oxygen atoms in total. The monoisotopic (exact) mass is 473 g/mol. The van der Waals surface area contributed by atoms with Gasteiger partial charge < -0.3 is 19.5 Å². The molecular formula is C22H18F3N5O4. The van der Waals surface area contributed by atoms with Crippen LogP contribution in [0.3, 0.4) is 0 Å². The highest BCUT2D eigenvalue weighted by atomic mass is 19.4. The first-order valence-corrected chi connectivity index (χ1v) is 9.81. The van der Waals surface area contributed by atoms with Gasteiger partial charge in [-0.05, 0) is 35.4 Å². The zero-order valence-electron chi connectivity index (χ0n) is 18.0. The van der Waals surface area contributed by atoms with Gasteiger partial charge in [0.15, 0.2) is 11.4 Å². The molecular weight excluding hydrogens is 455 g/mol. The standard InChI is InChI=1S/C22H18F3N5O4/c1-32-17-6-7-18(29-20(17)33-2)28-16-9-15(10-30-19(16)26-12-27-30)14-5-3-4-13(8-14)11-34-21(31)22(23,24)25/h3-10,12H,11H2,1-2H3,(H,28,29). The Hall–Kier alpha value is -4.35. The van der Waals surface area contributed by atoms with Crippen molar-refractivity contribution in [2.24, 2.45) is 0 Å². The molecule has 176 valence electrons. The Kier molecular flexibility index (Phi) is 6.21. The summed E-state index contributed by atoms with van der Waals surface area (Å²) in [4.78, 5) is 19.6. The molecule has 4 rings (SSSR count). The number of alkyl halides is 3. The molecule has 0 unspecified atom stereocenters. The highest BCUT2D eigenvalue weighted by molar-refractivity contribution is 5.79. The molecule has 0 fully saturated rings. The topological polar surface area (TPSA) is 99.9 Å². The van der Waals surface area contributed by atoms with Crippen molar-refractivity contribution in [1.82, 2.24) is 19.6 Å². The maximum absolute atomic E-state index is 12.4. The van der Waals surface area contributed by atoms with Crippen molar-refractivity contribution in [2.75, 3.05) is 19.5 Å². The number of anilines is 2. The van der Waals surface area contributed by atoms with E-state index in [1.807, 2.05) is 0 Å². The zero-order chi connectivity index (χ0) is 24.3. The Morgan fingerprint density at radius 1 is 1.09 bits per heavy atom. The van der Waals surface area contributed by atoms with E-state index in [2.05, 4.69) is 25.1 Å². The van der Waals surface area contributed by atoms with Gasteiger partial charge in [-0.15, -0.1) is 0 Å². The van der Waals surface area contributed by atoms with E-state index in [1.54, 1.807) is 53.2 Å². The molecule has 0 aliphatic carbocycles. The van der Waals surface area contributed by atoms with Crippen LogP contribution >= 0.6 is 0 Å². The average molecular weight is 473 g/mol. The highest BCUT2D eigenvalue weighted by Crippen LogP contribution is 2.31. The molecule has 0 saturated heterocycles. The Morgan fingerprint density at radius 3 is 2.65 bits per heavy atom. The number of hydrogen-bond donors (Lipinski definition) is 1. The molecule has 1 aromatic carbocycles. The van der Waals surface area contributed by atoms with Crippen LogP contribution < -0.4 is 14.8 Å². The van der Waals surface area contributed by atoms with Gasteiger partial charge >= 0.3 is 12.1 Å². The van der Waals surface area contributed by atoms with Gasteiger partial charge in [-0.25, -0.2) is 14.3 Å². The second-order valence-corrected chi connectivity index (χ2v) is 6.98. The van der Waals surface area contributed by atoms with Crippen LogP contribution in [0.2, 0.25) is 0 Å². The van der Waals surface area contributed by atoms with Crippen molar-refractivity contribution in [3.8, 4) is 22.8 Å². The second kappa shape index (κ2) is 9.25. The lowest BCUT2D eigenvalue weighted by Crippen LogP contribution is -2.25. The first-order chi connectivity index (χ1) is 16.3. The lowest BCUT2D eigenvalue weighted by Gasteiger charge is -2.13. The first-order valence-electron chi connectivity index (χ1n) is 9.81. The van der Waals surface area contributed by atoms with E-state index < -0.39 is 18.8 Å². The molecule has 0 saturated carbocycles. The van der Waals surface area contributed by atoms with Crippen LogP contribution in [0.15, 0.2) is 55.0 Å². The SMILES string of the molecule is COc1ccc(Nc2cc(-c3cccc(COC(=O)C(F)(F)F)c3)cn3ncnc23)nc1OC. The average Bonchev–Trinajstić information content (AvgIpc) is 3.31. The summed E-state index contributed by atoms with van der Waals surface area (Å²) >= 11 is 0. The zero-order valence-corrected chi connectivity index (χ0v) is 18.0. The fourth-order valence-electron chi connectivity index (χ4n) is 3.18. The number of ether oxygens (including phenoxy) is 3. The van der Waals surface area contributed by atoms with Crippen LogP contribution in [0, 0.1) is 0 Å². The number of nitrogens with zero attached hydrogens (tertiary/aromatic N) is 4. The highest BCUT2D eigenvalue weighted by Gasteiger charge is 2.40. The van der Waals surface area contributed by atoms with Crippen molar-refractivity contribution in [3.05, 3.63) is 60.6 Å². The van der Waals surface area contributed by atoms with Crippen LogP contribution in [0.25, 0.3) is 16.8 Å². The summed E-state index contributed by atoms with van der Waals surface area (Å²) in [6.07, 6.45) is -1.94. The van der Waals surface area contributed by atoms with Gasteiger partial charge in [-0.3, -0.25) is 0 Å². The summed E-state index contributed by atoms with van der Waals surface area (Å²) in [6, 6.07) is 11.8. The molecule has 0 atom stereocenters. The van der Waals surface area contributed by atoms with Crippen LogP contribution in [0.1, 0.15) is 5.56 Å². The quantitative estimate of drug-likeness (QED) is 0.400. The number of aromatic nitrogens is 4. The van der Waals surface area contributed by atoms with Crippen molar-refractivity contribution < 1.29 is 32.2 Å². The summed E-state index contributed by atoms with van der Waals surface area (Å²) in [6.45, 7) is -0.515. The molecule has 0 spiro atoms. The lowest BCUT2D eigenvalue weighted by molar-refractivity contribution is -0.201. The maximum Gasteiger partial charge on any atom is 0.490 e. The number of esters is 1. The molecule has 0 aliphatic heterocycles. The largest absolute Gasteiger partial charge is 0.491 e. The Bertz CT molecular complexity index is 1340. The molecule has 34 heavy (non-hydrogen) atoms. The fourth-order valence-corrected chi connectivity index (χ4v) is 3.18. The molecule has 0 aliphatic rings. The predicted molar refractivity (Wildman–Crippen MR) is 115 cm³/mol. The number of carbonyl (C=O) groups excluding carboxylic acids is 1. The number of fused-ring (bicyclic) bond motifs is 1. The molecule has 3 heterocycles. The third kappa shape index (κ3) is 4.85. The van der Waals surface area contributed by atoms with Gasteiger partial charge in [0, 0.05) is 11.8 Å². The van der Waals surface area contributed by atoms with E-state index >= 15 is 0 Å². The summed E-state index contributed by atoms with van der Waals surface area (Å²) in [5, 5.41) is 7.36. The van der Waals surface area contributed by atoms with Crippen molar-refractivity contribution in [3.63, 3.8) is 0 Å². The van der Waals surface area contributed by atoms with Crippen LogP contribution in [0.4, 0.5) is 24.7 Å². The third-order valence-corrected chi connectivity index (χ3v) is 4.74. The van der Waals surface area contributed by atoms with Gasteiger partial charge in [-0.1, -0.05) is 18.2 Å². The Balaban J connectivity index is 1.65. The second-order valence-electron chi connectivity index (χ2n) is 6.98. The van der Waals surface area contributed by atoms with Gasteiger partial charge in [0.2, 0.25) is 0 Å².